The van der Waals surface area contributed by atoms with Crippen LogP contribution >= 0.6 is 0 Å². The molecule has 0 saturated heterocycles. The molecule has 0 atom stereocenters. The van der Waals surface area contributed by atoms with E-state index < -0.39 is 0 Å². The lowest BCUT2D eigenvalue weighted by molar-refractivity contribution is -0.146. The van der Waals surface area contributed by atoms with Crippen molar-refractivity contribution < 1.29 is 4.79 Å². The molecule has 4 nitrogen and oxygen atoms in total. The Morgan fingerprint density at radius 1 is 1.18 bits per heavy atom. The molecule has 0 aromatic carbocycles. The van der Waals surface area contributed by atoms with Gasteiger partial charge in [-0.25, -0.2) is 0 Å². The van der Waals surface area contributed by atoms with Gasteiger partial charge in [0.1, 0.15) is 0 Å². The summed E-state index contributed by atoms with van der Waals surface area (Å²) >= 11 is 0. The predicted molar refractivity (Wildman–Crippen MR) is 84.1 cm³/mol. The van der Waals surface area contributed by atoms with Gasteiger partial charge in [0.15, 0.2) is 0 Å². The van der Waals surface area contributed by atoms with Gasteiger partial charge in [0.25, 0.3) is 0 Å². The number of pyridine rings is 1. The molecule has 1 aromatic rings. The first-order valence-electron chi connectivity index (χ1n) is 8.48. The normalized spacial score (nSPS) is 35.6. The Hall–Kier alpha value is -1.58. The van der Waals surface area contributed by atoms with E-state index in [1.165, 1.54) is 19.3 Å². The minimum atomic E-state index is -0.0879. The zero-order chi connectivity index (χ0) is 15.3. The number of nitrogens with one attached hydrogen (secondary N) is 1. The molecule has 1 heterocycles. The van der Waals surface area contributed by atoms with Gasteiger partial charge in [-0.15, -0.1) is 0 Å². The molecule has 4 aliphatic carbocycles. The van der Waals surface area contributed by atoms with E-state index in [2.05, 4.69) is 5.32 Å². The fourth-order valence-electron chi connectivity index (χ4n) is 5.51. The number of hydrogen-bond donors (Lipinski definition) is 1. The largest absolute Gasteiger partial charge is 0.351 e. The van der Waals surface area contributed by atoms with Gasteiger partial charge in [-0.05, 0) is 61.8 Å². The highest BCUT2D eigenvalue weighted by molar-refractivity contribution is 5.83. The van der Waals surface area contributed by atoms with Crippen molar-refractivity contribution in [2.24, 2.45) is 30.2 Å². The summed E-state index contributed by atoms with van der Waals surface area (Å²) in [5.41, 5.74) is 0.881. The molecule has 118 valence electrons. The van der Waals surface area contributed by atoms with Crippen molar-refractivity contribution in [2.75, 3.05) is 0 Å². The van der Waals surface area contributed by atoms with Gasteiger partial charge >= 0.3 is 0 Å². The van der Waals surface area contributed by atoms with E-state index in [1.54, 1.807) is 17.7 Å². The highest BCUT2D eigenvalue weighted by atomic mass is 16.2. The van der Waals surface area contributed by atoms with Crippen molar-refractivity contribution in [3.05, 3.63) is 34.2 Å². The Labute approximate surface area is 130 Å². The van der Waals surface area contributed by atoms with E-state index in [1.807, 2.05) is 12.3 Å². The predicted octanol–water partition coefficient (Wildman–Crippen LogP) is 2.22. The second-order valence-electron chi connectivity index (χ2n) is 7.87. The molecule has 4 saturated carbocycles. The fourth-order valence-corrected chi connectivity index (χ4v) is 5.51. The number of hydrogen-bond acceptors (Lipinski definition) is 2. The van der Waals surface area contributed by atoms with E-state index in [0.717, 1.165) is 42.6 Å². The Kier molecular flexibility index (Phi) is 3.17. The minimum Gasteiger partial charge on any atom is -0.351 e. The van der Waals surface area contributed by atoms with Crippen molar-refractivity contribution in [1.82, 2.24) is 9.88 Å². The van der Waals surface area contributed by atoms with Crippen LogP contribution in [0.2, 0.25) is 0 Å². The molecule has 4 heteroatoms. The van der Waals surface area contributed by atoms with Gasteiger partial charge in [0, 0.05) is 31.3 Å². The van der Waals surface area contributed by atoms with Crippen molar-refractivity contribution in [3.8, 4) is 0 Å². The molecule has 0 unspecified atom stereocenters. The zero-order valence-corrected chi connectivity index (χ0v) is 13.2. The summed E-state index contributed by atoms with van der Waals surface area (Å²) in [7, 11) is 1.74. The second-order valence-corrected chi connectivity index (χ2v) is 7.87. The molecule has 4 fully saturated rings. The Morgan fingerprint density at radius 2 is 1.77 bits per heavy atom. The second kappa shape index (κ2) is 4.97. The summed E-state index contributed by atoms with van der Waals surface area (Å²) in [4.78, 5) is 24.3. The van der Waals surface area contributed by atoms with Crippen LogP contribution in [-0.2, 0) is 18.4 Å². The maximum absolute atomic E-state index is 12.8. The van der Waals surface area contributed by atoms with E-state index in [0.29, 0.717) is 6.54 Å². The average molecular weight is 300 g/mol. The molecule has 5 rings (SSSR count). The van der Waals surface area contributed by atoms with Gasteiger partial charge in [-0.2, -0.15) is 0 Å². The first-order valence-corrected chi connectivity index (χ1v) is 8.48. The number of amides is 1. The van der Waals surface area contributed by atoms with Crippen LogP contribution in [0.15, 0.2) is 23.1 Å². The average Bonchev–Trinajstić information content (AvgIpc) is 2.46. The topological polar surface area (TPSA) is 51.1 Å². The molecule has 0 aliphatic heterocycles. The Balaban J connectivity index is 1.46. The van der Waals surface area contributed by atoms with Gasteiger partial charge < -0.3 is 9.88 Å². The van der Waals surface area contributed by atoms with Crippen LogP contribution in [0.25, 0.3) is 0 Å². The number of carbonyl (C=O) groups is 1. The van der Waals surface area contributed by atoms with Gasteiger partial charge in [0.2, 0.25) is 11.5 Å². The summed E-state index contributed by atoms with van der Waals surface area (Å²) in [5, 5.41) is 3.15. The maximum atomic E-state index is 12.8. The van der Waals surface area contributed by atoms with Crippen LogP contribution in [0.5, 0.6) is 0 Å². The van der Waals surface area contributed by atoms with Crippen LogP contribution in [0, 0.1) is 23.2 Å². The molecule has 4 bridgehead atoms. The summed E-state index contributed by atoms with van der Waals surface area (Å²) in [6.07, 6.45) is 9.16. The molecular weight excluding hydrogens is 276 g/mol. The minimum absolute atomic E-state index is 0.0174. The van der Waals surface area contributed by atoms with E-state index in [9.17, 15) is 9.59 Å². The van der Waals surface area contributed by atoms with Gasteiger partial charge in [-0.1, -0.05) is 6.07 Å². The standard InChI is InChI=1S/C18H24N2O2/c1-20-11-12(2-3-16(20)21)10-19-17(22)18-7-13-4-14(8-18)6-15(5-13)9-18/h2-3,11,13-15H,4-10H2,1H3,(H,19,22). The van der Waals surface area contributed by atoms with Crippen molar-refractivity contribution >= 4 is 5.91 Å². The lowest BCUT2D eigenvalue weighted by Gasteiger charge is -2.55. The monoisotopic (exact) mass is 300 g/mol. The Morgan fingerprint density at radius 3 is 2.32 bits per heavy atom. The molecule has 1 N–H and O–H groups in total. The highest BCUT2D eigenvalue weighted by Crippen LogP contribution is 2.60. The lowest BCUT2D eigenvalue weighted by Crippen LogP contribution is -2.53. The summed E-state index contributed by atoms with van der Waals surface area (Å²) in [5.74, 6) is 2.61. The van der Waals surface area contributed by atoms with Crippen LogP contribution in [-0.4, -0.2) is 10.5 Å². The highest BCUT2D eigenvalue weighted by Gasteiger charge is 2.54. The third kappa shape index (κ3) is 2.29. The quantitative estimate of drug-likeness (QED) is 0.930. The van der Waals surface area contributed by atoms with Crippen LogP contribution in [0.1, 0.15) is 44.1 Å². The fraction of sp³-hybridized carbons (Fsp3) is 0.667. The van der Waals surface area contributed by atoms with Gasteiger partial charge in [-0.3, -0.25) is 9.59 Å². The number of aryl methyl sites for hydroxylation is 1. The van der Waals surface area contributed by atoms with E-state index in [4.69, 9.17) is 0 Å². The van der Waals surface area contributed by atoms with Crippen LogP contribution < -0.4 is 10.9 Å². The first kappa shape index (κ1) is 14.0. The van der Waals surface area contributed by atoms with Crippen molar-refractivity contribution in [1.29, 1.82) is 0 Å². The van der Waals surface area contributed by atoms with Crippen LogP contribution in [0.3, 0.4) is 0 Å². The molecular formula is C18H24N2O2. The number of aromatic nitrogens is 1. The number of rotatable bonds is 3. The van der Waals surface area contributed by atoms with Crippen molar-refractivity contribution in [2.45, 2.75) is 45.1 Å². The van der Waals surface area contributed by atoms with E-state index in [-0.39, 0.29) is 16.9 Å². The molecule has 0 radical (unpaired) electrons. The van der Waals surface area contributed by atoms with Gasteiger partial charge in [0.05, 0.1) is 0 Å². The maximum Gasteiger partial charge on any atom is 0.250 e. The molecule has 1 aromatic heterocycles. The third-order valence-electron chi connectivity index (χ3n) is 6.12. The SMILES string of the molecule is Cn1cc(CNC(=O)C23CC4CC(CC(C4)C2)C3)ccc1=O. The number of carbonyl (C=O) groups excluding carboxylic acids is 1. The summed E-state index contributed by atoms with van der Waals surface area (Å²) < 4.78 is 1.56. The molecule has 22 heavy (non-hydrogen) atoms. The Bertz CT molecular complexity index is 626. The third-order valence-corrected chi connectivity index (χ3v) is 6.12. The van der Waals surface area contributed by atoms with E-state index >= 15 is 0 Å². The van der Waals surface area contributed by atoms with Crippen LogP contribution in [0.4, 0.5) is 0 Å². The zero-order valence-electron chi connectivity index (χ0n) is 13.2. The summed E-state index contributed by atoms with van der Waals surface area (Å²) in [6, 6.07) is 3.37. The molecule has 4 aliphatic rings. The summed E-state index contributed by atoms with van der Waals surface area (Å²) in [6.45, 7) is 0.523. The molecule has 1 amide bonds. The lowest BCUT2D eigenvalue weighted by atomic mass is 9.49. The van der Waals surface area contributed by atoms with Crippen molar-refractivity contribution in [3.63, 3.8) is 0 Å². The number of nitrogens with zero attached hydrogens (tertiary/aromatic N) is 1. The smallest absolute Gasteiger partial charge is 0.250 e. The molecule has 0 spiro atoms. The first-order chi connectivity index (χ1) is 10.5.